The Morgan fingerprint density at radius 2 is 1.75 bits per heavy atom. The van der Waals surface area contributed by atoms with Crippen LogP contribution in [0.25, 0.3) is 0 Å². The molecule has 7 heteroatoms. The largest absolute Gasteiger partial charge is 0.353 e. The zero-order valence-corrected chi connectivity index (χ0v) is 17.9. The van der Waals surface area contributed by atoms with Gasteiger partial charge >= 0.3 is 0 Å². The highest BCUT2D eigenvalue weighted by Crippen LogP contribution is 2.36. The highest BCUT2D eigenvalue weighted by Gasteiger charge is 2.44. The molecule has 2 saturated carbocycles. The molecular formula is C21H37N5O2. The summed E-state index contributed by atoms with van der Waals surface area (Å²) in [6.07, 6.45) is 10.6. The Kier molecular flexibility index (Phi) is 6.83. The number of amides is 2. The number of piperazine rings is 1. The van der Waals surface area contributed by atoms with Crippen molar-refractivity contribution >= 4 is 17.8 Å². The second kappa shape index (κ2) is 9.14. The van der Waals surface area contributed by atoms with Crippen molar-refractivity contribution in [2.45, 2.75) is 76.3 Å². The summed E-state index contributed by atoms with van der Waals surface area (Å²) >= 11 is 0. The lowest BCUT2D eigenvalue weighted by molar-refractivity contribution is -0.140. The number of carbonyl (C=O) groups is 2. The molecule has 0 aromatic heterocycles. The Labute approximate surface area is 169 Å². The van der Waals surface area contributed by atoms with Crippen LogP contribution in [0.4, 0.5) is 0 Å². The molecule has 28 heavy (non-hydrogen) atoms. The van der Waals surface area contributed by atoms with Crippen molar-refractivity contribution in [3.63, 3.8) is 0 Å². The molecule has 2 amide bonds. The first kappa shape index (κ1) is 20.9. The van der Waals surface area contributed by atoms with E-state index in [0.29, 0.717) is 6.04 Å². The molecule has 3 fully saturated rings. The SMILES string of the molecule is CC(=O)N1CCN(C(=NCC(=O)N(C)C)NC2CCCC2)CC12CCCCC2. The van der Waals surface area contributed by atoms with E-state index in [1.165, 1.54) is 44.9 Å². The smallest absolute Gasteiger partial charge is 0.243 e. The summed E-state index contributed by atoms with van der Waals surface area (Å²) in [4.78, 5) is 35.2. The lowest BCUT2D eigenvalue weighted by atomic mass is 9.78. The average molecular weight is 392 g/mol. The molecule has 1 N–H and O–H groups in total. The zero-order chi connectivity index (χ0) is 20.1. The average Bonchev–Trinajstić information content (AvgIpc) is 3.18. The first-order valence-electron chi connectivity index (χ1n) is 11.0. The molecule has 2 aliphatic carbocycles. The maximum atomic E-state index is 12.3. The van der Waals surface area contributed by atoms with E-state index in [4.69, 9.17) is 4.99 Å². The minimum Gasteiger partial charge on any atom is -0.353 e. The number of guanidine groups is 1. The van der Waals surface area contributed by atoms with Gasteiger partial charge in [0, 0.05) is 46.7 Å². The standard InChI is InChI=1S/C21H37N5O2/c1-17(27)26-14-13-25(16-21(26)11-7-4-8-12-21)20(22-15-19(28)24(2)3)23-18-9-5-6-10-18/h18H,4-16H2,1-3H3,(H,22,23). The number of hydrogen-bond acceptors (Lipinski definition) is 3. The Morgan fingerprint density at radius 1 is 1.07 bits per heavy atom. The fraction of sp³-hybridized carbons (Fsp3) is 0.857. The van der Waals surface area contributed by atoms with Crippen molar-refractivity contribution in [3.8, 4) is 0 Å². The van der Waals surface area contributed by atoms with Crippen molar-refractivity contribution < 1.29 is 9.59 Å². The van der Waals surface area contributed by atoms with Gasteiger partial charge in [-0.3, -0.25) is 9.59 Å². The molecule has 7 nitrogen and oxygen atoms in total. The van der Waals surface area contributed by atoms with Gasteiger partial charge in [0.25, 0.3) is 0 Å². The second-order valence-corrected chi connectivity index (χ2v) is 8.93. The molecule has 1 saturated heterocycles. The van der Waals surface area contributed by atoms with Crippen LogP contribution in [0.2, 0.25) is 0 Å². The van der Waals surface area contributed by atoms with Crippen molar-refractivity contribution in [2.24, 2.45) is 4.99 Å². The molecule has 0 bridgehead atoms. The van der Waals surface area contributed by atoms with Crippen LogP contribution in [0.15, 0.2) is 4.99 Å². The lowest BCUT2D eigenvalue weighted by Gasteiger charge is -2.53. The van der Waals surface area contributed by atoms with Gasteiger partial charge in [-0.05, 0) is 25.7 Å². The van der Waals surface area contributed by atoms with Crippen molar-refractivity contribution in [1.82, 2.24) is 20.0 Å². The maximum absolute atomic E-state index is 12.3. The fourth-order valence-corrected chi connectivity index (χ4v) is 5.06. The van der Waals surface area contributed by atoms with Crippen LogP contribution in [0.5, 0.6) is 0 Å². The van der Waals surface area contributed by atoms with E-state index in [-0.39, 0.29) is 23.9 Å². The second-order valence-electron chi connectivity index (χ2n) is 8.93. The summed E-state index contributed by atoms with van der Waals surface area (Å²) in [7, 11) is 3.54. The van der Waals surface area contributed by atoms with Crippen LogP contribution in [0, 0.1) is 0 Å². The van der Waals surface area contributed by atoms with Crippen LogP contribution in [-0.4, -0.2) is 84.3 Å². The summed E-state index contributed by atoms with van der Waals surface area (Å²) in [6, 6.07) is 0.446. The minimum absolute atomic E-state index is 0.0143. The first-order chi connectivity index (χ1) is 13.4. The van der Waals surface area contributed by atoms with E-state index in [1.807, 2.05) is 0 Å². The third-order valence-corrected chi connectivity index (χ3v) is 6.67. The van der Waals surface area contributed by atoms with Gasteiger partial charge < -0.3 is 20.0 Å². The number of rotatable bonds is 3. The number of likely N-dealkylation sites (N-methyl/N-ethyl adjacent to an activating group) is 1. The van der Waals surface area contributed by atoms with Crippen molar-refractivity contribution in [1.29, 1.82) is 0 Å². The van der Waals surface area contributed by atoms with E-state index < -0.39 is 0 Å². The molecule has 158 valence electrons. The summed E-state index contributed by atoms with van der Waals surface area (Å²) in [5.41, 5.74) is -0.0774. The Bertz CT molecular complexity index is 592. The molecule has 0 aromatic carbocycles. The monoisotopic (exact) mass is 391 g/mol. The highest BCUT2D eigenvalue weighted by molar-refractivity contribution is 5.85. The van der Waals surface area contributed by atoms with Crippen LogP contribution in [-0.2, 0) is 9.59 Å². The van der Waals surface area contributed by atoms with E-state index >= 15 is 0 Å². The predicted octanol–water partition coefficient (Wildman–Crippen LogP) is 1.83. The molecule has 0 unspecified atom stereocenters. The number of aliphatic imine (C=N–C) groups is 1. The molecule has 3 rings (SSSR count). The van der Waals surface area contributed by atoms with Crippen LogP contribution in [0.1, 0.15) is 64.7 Å². The Morgan fingerprint density at radius 3 is 2.36 bits per heavy atom. The molecule has 0 aromatic rings. The van der Waals surface area contributed by atoms with Gasteiger partial charge in [-0.1, -0.05) is 32.1 Å². The number of nitrogens with zero attached hydrogens (tertiary/aromatic N) is 4. The topological polar surface area (TPSA) is 68.2 Å². The van der Waals surface area contributed by atoms with Crippen LogP contribution >= 0.6 is 0 Å². The Balaban J connectivity index is 1.78. The zero-order valence-electron chi connectivity index (χ0n) is 17.9. The van der Waals surface area contributed by atoms with Crippen molar-refractivity contribution in [3.05, 3.63) is 0 Å². The van der Waals surface area contributed by atoms with E-state index in [0.717, 1.165) is 38.4 Å². The molecule has 1 aliphatic heterocycles. The van der Waals surface area contributed by atoms with Gasteiger partial charge in [-0.15, -0.1) is 0 Å². The maximum Gasteiger partial charge on any atom is 0.243 e. The fourth-order valence-electron chi connectivity index (χ4n) is 5.06. The minimum atomic E-state index is -0.0774. The highest BCUT2D eigenvalue weighted by atomic mass is 16.2. The van der Waals surface area contributed by atoms with Crippen LogP contribution in [0.3, 0.4) is 0 Å². The van der Waals surface area contributed by atoms with Gasteiger partial charge in [-0.2, -0.15) is 0 Å². The molecule has 3 aliphatic rings. The summed E-state index contributed by atoms with van der Waals surface area (Å²) in [5.74, 6) is 1.06. The summed E-state index contributed by atoms with van der Waals surface area (Å²) in [5, 5.41) is 3.65. The predicted molar refractivity (Wildman–Crippen MR) is 111 cm³/mol. The number of hydrogen-bond donors (Lipinski definition) is 1. The number of nitrogens with one attached hydrogen (secondary N) is 1. The normalized spacial score (nSPS) is 23.2. The third kappa shape index (κ3) is 4.78. The van der Waals surface area contributed by atoms with E-state index in [2.05, 4.69) is 15.1 Å². The molecule has 1 spiro atoms. The summed E-state index contributed by atoms with van der Waals surface area (Å²) in [6.45, 7) is 4.20. The van der Waals surface area contributed by atoms with Gasteiger partial charge in [0.2, 0.25) is 11.8 Å². The Hall–Kier alpha value is -1.79. The molecular weight excluding hydrogens is 354 g/mol. The lowest BCUT2D eigenvalue weighted by Crippen LogP contribution is -2.66. The van der Waals surface area contributed by atoms with Gasteiger partial charge in [0.05, 0.1) is 5.54 Å². The number of carbonyl (C=O) groups excluding carboxylic acids is 2. The van der Waals surface area contributed by atoms with E-state index in [9.17, 15) is 9.59 Å². The van der Waals surface area contributed by atoms with Gasteiger partial charge in [-0.25, -0.2) is 4.99 Å². The van der Waals surface area contributed by atoms with Crippen LogP contribution < -0.4 is 5.32 Å². The van der Waals surface area contributed by atoms with E-state index in [1.54, 1.807) is 25.9 Å². The molecule has 0 radical (unpaired) electrons. The molecule has 1 heterocycles. The quantitative estimate of drug-likeness (QED) is 0.589. The first-order valence-corrected chi connectivity index (χ1v) is 11.0. The summed E-state index contributed by atoms with van der Waals surface area (Å²) < 4.78 is 0. The molecule has 0 atom stereocenters. The van der Waals surface area contributed by atoms with Crippen molar-refractivity contribution in [2.75, 3.05) is 40.3 Å². The van der Waals surface area contributed by atoms with Gasteiger partial charge in [0.1, 0.15) is 6.54 Å². The van der Waals surface area contributed by atoms with Gasteiger partial charge in [0.15, 0.2) is 5.96 Å². The third-order valence-electron chi connectivity index (χ3n) is 6.67.